The Balaban J connectivity index is 2.29. The summed E-state index contributed by atoms with van der Waals surface area (Å²) < 4.78 is 32.0. The number of nitrogens with one attached hydrogen (secondary N) is 1. The quantitative estimate of drug-likeness (QED) is 0.870. The number of hydrogen-bond acceptors (Lipinski definition) is 5. The normalized spacial score (nSPS) is 13.0. The number of aromatic nitrogens is 1. The highest BCUT2D eigenvalue weighted by molar-refractivity contribution is 7.89. The van der Waals surface area contributed by atoms with E-state index < -0.39 is 27.8 Å². The smallest absolute Gasteiger partial charge is 0.371 e. The lowest BCUT2D eigenvalue weighted by molar-refractivity contribution is 0.0661. The van der Waals surface area contributed by atoms with E-state index in [2.05, 4.69) is 9.71 Å². The van der Waals surface area contributed by atoms with E-state index in [-0.39, 0.29) is 10.7 Å². The first kappa shape index (κ1) is 15.2. The minimum atomic E-state index is -3.89. The molecule has 0 radical (unpaired) electrons. The van der Waals surface area contributed by atoms with Gasteiger partial charge in [0.1, 0.15) is 10.7 Å². The molecule has 0 aliphatic rings. The van der Waals surface area contributed by atoms with Crippen molar-refractivity contribution in [3.8, 4) is 0 Å². The Labute approximate surface area is 121 Å². The molecular formula is C13H14N2O5S. The second-order valence-electron chi connectivity index (χ2n) is 4.47. The van der Waals surface area contributed by atoms with Gasteiger partial charge >= 0.3 is 5.97 Å². The molecule has 0 fully saturated rings. The molecule has 0 saturated carbocycles. The highest BCUT2D eigenvalue weighted by atomic mass is 32.2. The van der Waals surface area contributed by atoms with Crippen LogP contribution in [0.4, 0.5) is 0 Å². The van der Waals surface area contributed by atoms with E-state index in [0.717, 1.165) is 6.07 Å². The van der Waals surface area contributed by atoms with Crippen molar-refractivity contribution in [3.05, 3.63) is 47.7 Å². The van der Waals surface area contributed by atoms with E-state index in [9.17, 15) is 13.2 Å². The molecule has 0 saturated heterocycles. The average molecular weight is 310 g/mol. The van der Waals surface area contributed by atoms with Crippen molar-refractivity contribution in [2.75, 3.05) is 0 Å². The average Bonchev–Trinajstić information content (AvgIpc) is 2.82. The molecule has 2 rings (SSSR count). The van der Waals surface area contributed by atoms with Crippen LogP contribution in [0.5, 0.6) is 0 Å². The minimum absolute atomic E-state index is 0.0262. The number of furan rings is 1. The van der Waals surface area contributed by atoms with E-state index in [1.165, 1.54) is 6.92 Å². The van der Waals surface area contributed by atoms with Crippen molar-refractivity contribution in [3.63, 3.8) is 0 Å². The van der Waals surface area contributed by atoms with Crippen molar-refractivity contribution >= 4 is 16.0 Å². The number of rotatable bonds is 5. The zero-order valence-electron chi connectivity index (χ0n) is 11.4. The fourth-order valence-electron chi connectivity index (χ4n) is 1.83. The van der Waals surface area contributed by atoms with Gasteiger partial charge in [-0.15, -0.1) is 0 Å². The molecular weight excluding hydrogens is 296 g/mol. The first-order valence-corrected chi connectivity index (χ1v) is 7.55. The van der Waals surface area contributed by atoms with Crippen molar-refractivity contribution in [1.29, 1.82) is 0 Å². The van der Waals surface area contributed by atoms with Crippen LogP contribution in [0.2, 0.25) is 0 Å². The maximum atomic E-state index is 12.3. The maximum absolute atomic E-state index is 12.3. The summed E-state index contributed by atoms with van der Waals surface area (Å²) in [4.78, 5) is 14.6. The van der Waals surface area contributed by atoms with Crippen molar-refractivity contribution < 1.29 is 22.7 Å². The maximum Gasteiger partial charge on any atom is 0.371 e. The van der Waals surface area contributed by atoms with Crippen LogP contribution < -0.4 is 4.72 Å². The fraction of sp³-hybridized carbons (Fsp3) is 0.231. The van der Waals surface area contributed by atoms with Crippen molar-refractivity contribution in [1.82, 2.24) is 9.71 Å². The molecule has 7 nitrogen and oxygen atoms in total. The second-order valence-corrected chi connectivity index (χ2v) is 6.15. The number of carboxylic acids is 1. The predicted octanol–water partition coefficient (Wildman–Crippen LogP) is 1.72. The zero-order chi connectivity index (χ0) is 15.6. The number of pyridine rings is 1. The van der Waals surface area contributed by atoms with Gasteiger partial charge in [0, 0.05) is 24.5 Å². The summed E-state index contributed by atoms with van der Waals surface area (Å²) in [6.07, 6.45) is 3.14. The number of carboxylic acid groups (broad SMARTS) is 1. The molecule has 8 heteroatoms. The lowest BCUT2D eigenvalue weighted by Crippen LogP contribution is -2.27. The third kappa shape index (κ3) is 3.29. The van der Waals surface area contributed by atoms with E-state index in [0.29, 0.717) is 5.56 Å². The van der Waals surface area contributed by atoms with Crippen molar-refractivity contribution in [2.45, 2.75) is 24.8 Å². The molecule has 2 N–H and O–H groups in total. The van der Waals surface area contributed by atoms with Crippen LogP contribution in [0.3, 0.4) is 0 Å². The summed E-state index contributed by atoms with van der Waals surface area (Å²) in [5.74, 6) is -1.71. The molecule has 0 aliphatic carbocycles. The summed E-state index contributed by atoms with van der Waals surface area (Å²) in [5, 5.41) is 8.83. The molecule has 112 valence electrons. The molecule has 21 heavy (non-hydrogen) atoms. The topological polar surface area (TPSA) is 109 Å². The number of carbonyl (C=O) groups is 1. The molecule has 0 aromatic carbocycles. The SMILES string of the molecule is Cc1oc(C(=O)O)cc1S(=O)(=O)N[C@@H](C)c1cccnc1. The second kappa shape index (κ2) is 5.66. The van der Waals surface area contributed by atoms with Gasteiger partial charge in [-0.05, 0) is 25.5 Å². The third-order valence-electron chi connectivity index (χ3n) is 2.89. The molecule has 0 bridgehead atoms. The fourth-order valence-corrected chi connectivity index (χ4v) is 3.24. The van der Waals surface area contributed by atoms with Crippen LogP contribution in [0.15, 0.2) is 39.9 Å². The Morgan fingerprint density at radius 3 is 2.71 bits per heavy atom. The Hall–Kier alpha value is -2.19. The van der Waals surface area contributed by atoms with Gasteiger partial charge < -0.3 is 9.52 Å². The standard InChI is InChI=1S/C13H14N2O5S/c1-8(10-4-3-5-14-7-10)15-21(18,19)12-6-11(13(16)17)20-9(12)2/h3-8,15H,1-2H3,(H,16,17)/t8-/m0/s1. The summed E-state index contributed by atoms with van der Waals surface area (Å²) in [6.45, 7) is 3.07. The first-order chi connectivity index (χ1) is 9.81. The number of aryl methyl sites for hydroxylation is 1. The van der Waals surface area contributed by atoms with Crippen LogP contribution in [0.1, 0.15) is 34.8 Å². The lowest BCUT2D eigenvalue weighted by Gasteiger charge is -2.13. The van der Waals surface area contributed by atoms with Gasteiger partial charge in [-0.25, -0.2) is 17.9 Å². The summed E-state index contributed by atoms with van der Waals surface area (Å²) in [5.41, 5.74) is 0.695. The summed E-state index contributed by atoms with van der Waals surface area (Å²) in [7, 11) is -3.89. The van der Waals surface area contributed by atoms with Crippen LogP contribution in [0.25, 0.3) is 0 Å². The molecule has 0 aliphatic heterocycles. The van der Waals surface area contributed by atoms with Crippen LogP contribution in [-0.2, 0) is 10.0 Å². The number of aromatic carboxylic acids is 1. The molecule has 2 heterocycles. The van der Waals surface area contributed by atoms with Gasteiger partial charge in [0.2, 0.25) is 15.8 Å². The number of hydrogen-bond donors (Lipinski definition) is 2. The van der Waals surface area contributed by atoms with E-state index in [1.807, 2.05) is 0 Å². The molecule has 2 aromatic rings. The first-order valence-electron chi connectivity index (χ1n) is 6.07. The monoisotopic (exact) mass is 310 g/mol. The van der Waals surface area contributed by atoms with Gasteiger partial charge in [-0.2, -0.15) is 0 Å². The minimum Gasteiger partial charge on any atom is -0.475 e. The summed E-state index contributed by atoms with van der Waals surface area (Å²) >= 11 is 0. The number of sulfonamides is 1. The van der Waals surface area contributed by atoms with Crippen LogP contribution in [-0.4, -0.2) is 24.5 Å². The van der Waals surface area contributed by atoms with Gasteiger partial charge in [-0.3, -0.25) is 4.98 Å². The summed E-state index contributed by atoms with van der Waals surface area (Å²) in [6, 6.07) is 3.93. The largest absolute Gasteiger partial charge is 0.475 e. The third-order valence-corrected chi connectivity index (χ3v) is 4.54. The molecule has 2 aromatic heterocycles. The Morgan fingerprint density at radius 2 is 2.19 bits per heavy atom. The van der Waals surface area contributed by atoms with Crippen LogP contribution in [0, 0.1) is 6.92 Å². The van der Waals surface area contributed by atoms with E-state index in [1.54, 1.807) is 31.5 Å². The molecule has 0 spiro atoms. The number of nitrogens with zero attached hydrogens (tertiary/aromatic N) is 1. The van der Waals surface area contributed by atoms with Gasteiger partial charge in [0.25, 0.3) is 0 Å². The van der Waals surface area contributed by atoms with E-state index >= 15 is 0 Å². The van der Waals surface area contributed by atoms with Crippen LogP contribution >= 0.6 is 0 Å². The van der Waals surface area contributed by atoms with Gasteiger partial charge in [0.15, 0.2) is 0 Å². The zero-order valence-corrected chi connectivity index (χ0v) is 12.2. The van der Waals surface area contributed by atoms with Gasteiger partial charge in [0.05, 0.1) is 0 Å². The Morgan fingerprint density at radius 1 is 1.48 bits per heavy atom. The molecule has 0 amide bonds. The Bertz CT molecular complexity index is 752. The predicted molar refractivity (Wildman–Crippen MR) is 73.4 cm³/mol. The van der Waals surface area contributed by atoms with Gasteiger partial charge in [-0.1, -0.05) is 6.07 Å². The highest BCUT2D eigenvalue weighted by Gasteiger charge is 2.25. The lowest BCUT2D eigenvalue weighted by atomic mass is 10.2. The van der Waals surface area contributed by atoms with Crippen molar-refractivity contribution in [2.24, 2.45) is 0 Å². The molecule has 1 atom stereocenters. The molecule has 0 unspecified atom stereocenters. The Kier molecular flexibility index (Phi) is 4.10. The highest BCUT2D eigenvalue weighted by Crippen LogP contribution is 2.22. The van der Waals surface area contributed by atoms with E-state index in [4.69, 9.17) is 9.52 Å².